The van der Waals surface area contributed by atoms with E-state index in [9.17, 15) is 14.7 Å². The van der Waals surface area contributed by atoms with Gasteiger partial charge in [-0.25, -0.2) is 9.59 Å². The minimum atomic E-state index is -2.19. The summed E-state index contributed by atoms with van der Waals surface area (Å²) in [6, 6.07) is 6.34. The smallest absolute Gasteiger partial charge is 0.365 e. The molecular formula is C14H17NO5. The fourth-order valence-corrected chi connectivity index (χ4v) is 1.78. The van der Waals surface area contributed by atoms with E-state index in [1.807, 2.05) is 0 Å². The Bertz CT molecular complexity index is 539. The van der Waals surface area contributed by atoms with E-state index in [4.69, 9.17) is 9.47 Å². The number of hydrogen-bond donors (Lipinski definition) is 1. The van der Waals surface area contributed by atoms with Crippen LogP contribution in [0.25, 0.3) is 0 Å². The molecule has 0 spiro atoms. The van der Waals surface area contributed by atoms with Crippen molar-refractivity contribution >= 4 is 12.0 Å². The van der Waals surface area contributed by atoms with Gasteiger partial charge in [-0.05, 0) is 32.9 Å². The van der Waals surface area contributed by atoms with E-state index in [2.05, 4.69) is 4.99 Å². The van der Waals surface area contributed by atoms with Crippen LogP contribution < -0.4 is 4.74 Å². The van der Waals surface area contributed by atoms with E-state index < -0.39 is 17.3 Å². The molecule has 0 aliphatic rings. The Morgan fingerprint density at radius 3 is 2.35 bits per heavy atom. The lowest BCUT2D eigenvalue weighted by Crippen LogP contribution is -2.43. The topological polar surface area (TPSA) is 85.2 Å². The van der Waals surface area contributed by atoms with Crippen molar-refractivity contribution in [3.8, 4) is 5.75 Å². The van der Waals surface area contributed by atoms with Gasteiger partial charge in [0, 0.05) is 0 Å². The van der Waals surface area contributed by atoms with Crippen LogP contribution in [-0.4, -0.2) is 29.9 Å². The van der Waals surface area contributed by atoms with Crippen LogP contribution in [-0.2, 0) is 20.1 Å². The first-order chi connectivity index (χ1) is 9.27. The first-order valence-electron chi connectivity index (χ1n) is 5.93. The molecule has 0 radical (unpaired) electrons. The van der Waals surface area contributed by atoms with Crippen molar-refractivity contribution in [2.45, 2.75) is 32.1 Å². The Labute approximate surface area is 117 Å². The molecule has 6 nitrogen and oxygen atoms in total. The number of benzene rings is 1. The molecule has 6 heteroatoms. The number of carboxylic acids is 1. The lowest BCUT2D eigenvalue weighted by Gasteiger charge is -2.32. The van der Waals surface area contributed by atoms with E-state index in [0.717, 1.165) is 0 Å². The number of hydrogen-bond acceptors (Lipinski definition) is 5. The van der Waals surface area contributed by atoms with Crippen LogP contribution in [0.15, 0.2) is 29.3 Å². The number of carbonyl (C=O) groups excluding carboxylic acids is 1. The quantitative estimate of drug-likeness (QED) is 0.659. The molecule has 20 heavy (non-hydrogen) atoms. The van der Waals surface area contributed by atoms with Gasteiger partial charge in [0.15, 0.2) is 0 Å². The summed E-state index contributed by atoms with van der Waals surface area (Å²) in [6.45, 7) is 5.00. The molecule has 0 aromatic heterocycles. The molecular weight excluding hydrogens is 262 g/mol. The van der Waals surface area contributed by atoms with Crippen molar-refractivity contribution < 1.29 is 24.2 Å². The van der Waals surface area contributed by atoms with Gasteiger partial charge in [0.2, 0.25) is 6.08 Å². The predicted octanol–water partition coefficient (Wildman–Crippen LogP) is 2.08. The Hall–Kier alpha value is -2.17. The van der Waals surface area contributed by atoms with Crippen molar-refractivity contribution in [2.75, 3.05) is 7.11 Å². The number of rotatable bonds is 5. The van der Waals surface area contributed by atoms with Gasteiger partial charge in [0.1, 0.15) is 5.75 Å². The molecule has 1 rings (SSSR count). The summed E-state index contributed by atoms with van der Waals surface area (Å²) in [5, 5.41) is 9.54. The molecule has 0 heterocycles. The minimum Gasteiger partial charge on any atom is -0.496 e. The lowest BCUT2D eigenvalue weighted by molar-refractivity contribution is -0.186. The number of carboxylic acid groups (broad SMARTS) is 1. The van der Waals surface area contributed by atoms with E-state index in [-0.39, 0.29) is 11.3 Å². The molecule has 1 N–H and O–H groups in total. The van der Waals surface area contributed by atoms with Crippen LogP contribution in [0, 0.1) is 0 Å². The van der Waals surface area contributed by atoms with Crippen LogP contribution >= 0.6 is 0 Å². The third-order valence-electron chi connectivity index (χ3n) is 2.42. The standard InChI is InChI=1S/C14H17NO5/c1-13(2,3)20-14(12(17)18,15-9-16)10-7-5-6-8-11(10)19-4/h5-8H,1-4H3,(H,17,18). The molecule has 1 unspecified atom stereocenters. The molecule has 0 fully saturated rings. The van der Waals surface area contributed by atoms with Gasteiger partial charge in [0.25, 0.3) is 5.72 Å². The molecule has 1 aromatic carbocycles. The zero-order chi connectivity index (χ0) is 15.4. The Balaban J connectivity index is 3.58. The van der Waals surface area contributed by atoms with Gasteiger partial charge in [0.05, 0.1) is 18.3 Å². The molecule has 0 amide bonds. The summed E-state index contributed by atoms with van der Waals surface area (Å²) in [5.74, 6) is -1.15. The summed E-state index contributed by atoms with van der Waals surface area (Å²) in [5.41, 5.74) is -2.90. The highest BCUT2D eigenvalue weighted by molar-refractivity contribution is 5.81. The lowest BCUT2D eigenvalue weighted by atomic mass is 10.0. The van der Waals surface area contributed by atoms with E-state index >= 15 is 0 Å². The normalized spacial score (nSPS) is 14.0. The number of isocyanates is 1. The highest BCUT2D eigenvalue weighted by atomic mass is 16.6. The van der Waals surface area contributed by atoms with Crippen LogP contribution in [0.1, 0.15) is 26.3 Å². The average Bonchev–Trinajstić information content (AvgIpc) is 2.36. The zero-order valence-corrected chi connectivity index (χ0v) is 11.8. The van der Waals surface area contributed by atoms with Gasteiger partial charge in [-0.1, -0.05) is 12.1 Å². The molecule has 108 valence electrons. The highest BCUT2D eigenvalue weighted by Gasteiger charge is 2.47. The monoisotopic (exact) mass is 279 g/mol. The molecule has 1 aromatic rings. The maximum atomic E-state index is 11.7. The molecule has 0 aliphatic carbocycles. The summed E-state index contributed by atoms with van der Waals surface area (Å²) in [4.78, 5) is 25.8. The predicted molar refractivity (Wildman–Crippen MR) is 71.3 cm³/mol. The van der Waals surface area contributed by atoms with Crippen LogP contribution in [0.2, 0.25) is 0 Å². The summed E-state index contributed by atoms with van der Waals surface area (Å²) in [7, 11) is 1.40. The highest BCUT2D eigenvalue weighted by Crippen LogP contribution is 2.37. The van der Waals surface area contributed by atoms with Gasteiger partial charge >= 0.3 is 5.97 Å². The van der Waals surface area contributed by atoms with Crippen molar-refractivity contribution in [2.24, 2.45) is 4.99 Å². The second-order valence-corrected chi connectivity index (χ2v) is 5.07. The fourth-order valence-electron chi connectivity index (χ4n) is 1.78. The molecule has 1 atom stereocenters. The number of aliphatic imine (C=N–C) groups is 1. The molecule has 0 saturated carbocycles. The third-order valence-corrected chi connectivity index (χ3v) is 2.42. The zero-order valence-electron chi connectivity index (χ0n) is 11.8. The molecule has 0 aliphatic heterocycles. The second kappa shape index (κ2) is 5.86. The summed E-state index contributed by atoms with van der Waals surface area (Å²) in [6.07, 6.45) is 1.28. The Morgan fingerprint density at radius 2 is 1.90 bits per heavy atom. The largest absolute Gasteiger partial charge is 0.496 e. The molecule has 0 bridgehead atoms. The van der Waals surface area contributed by atoms with Gasteiger partial charge < -0.3 is 14.6 Å². The van der Waals surface area contributed by atoms with Crippen LogP contribution in [0.4, 0.5) is 0 Å². The van der Waals surface area contributed by atoms with Gasteiger partial charge in [-0.2, -0.15) is 4.99 Å². The van der Waals surface area contributed by atoms with Crippen molar-refractivity contribution in [1.29, 1.82) is 0 Å². The van der Waals surface area contributed by atoms with Crippen LogP contribution in [0.5, 0.6) is 5.75 Å². The second-order valence-electron chi connectivity index (χ2n) is 5.07. The SMILES string of the molecule is COc1ccccc1C(N=C=O)(OC(C)(C)C)C(=O)O. The first-order valence-corrected chi connectivity index (χ1v) is 5.93. The number of para-hydroxylation sites is 1. The Kier molecular flexibility index (Phi) is 4.65. The molecule has 0 saturated heterocycles. The average molecular weight is 279 g/mol. The maximum Gasteiger partial charge on any atom is 0.365 e. The number of carbonyl (C=O) groups is 1. The summed E-state index contributed by atoms with van der Waals surface area (Å²) < 4.78 is 10.7. The van der Waals surface area contributed by atoms with Crippen molar-refractivity contribution in [1.82, 2.24) is 0 Å². The van der Waals surface area contributed by atoms with E-state index in [1.165, 1.54) is 19.3 Å². The number of aliphatic carboxylic acids is 1. The number of ether oxygens (including phenoxy) is 2. The number of nitrogens with zero attached hydrogens (tertiary/aromatic N) is 1. The minimum absolute atomic E-state index is 0.133. The third kappa shape index (κ3) is 3.23. The van der Waals surface area contributed by atoms with Crippen molar-refractivity contribution in [3.05, 3.63) is 29.8 Å². The van der Waals surface area contributed by atoms with Crippen molar-refractivity contribution in [3.63, 3.8) is 0 Å². The van der Waals surface area contributed by atoms with Crippen LogP contribution in [0.3, 0.4) is 0 Å². The fraction of sp³-hybridized carbons (Fsp3) is 0.429. The summed E-state index contributed by atoms with van der Waals surface area (Å²) >= 11 is 0. The van der Waals surface area contributed by atoms with E-state index in [0.29, 0.717) is 0 Å². The van der Waals surface area contributed by atoms with E-state index in [1.54, 1.807) is 39.0 Å². The Morgan fingerprint density at radius 1 is 1.30 bits per heavy atom. The van der Waals surface area contributed by atoms with Gasteiger partial charge in [-0.3, -0.25) is 0 Å². The number of methoxy groups -OCH3 is 1. The maximum absolute atomic E-state index is 11.7. The van der Waals surface area contributed by atoms with Gasteiger partial charge in [-0.15, -0.1) is 0 Å². The first kappa shape index (κ1) is 15.9.